The third-order valence-corrected chi connectivity index (χ3v) is 1.96. The zero-order valence-corrected chi connectivity index (χ0v) is 6.36. The van der Waals surface area contributed by atoms with Gasteiger partial charge in [-0.25, -0.2) is 5.43 Å². The number of hydrogen-bond acceptors (Lipinski definition) is 4. The van der Waals surface area contributed by atoms with Crippen LogP contribution in [0.25, 0.3) is 0 Å². The molecule has 12 heavy (non-hydrogen) atoms. The van der Waals surface area contributed by atoms with Crippen molar-refractivity contribution in [3.8, 4) is 0 Å². The van der Waals surface area contributed by atoms with Crippen LogP contribution >= 0.6 is 0 Å². The number of nitrogens with one attached hydrogen (secondary N) is 2. The lowest BCUT2D eigenvalue weighted by atomic mass is 10.1. The minimum atomic E-state index is -1.37. The van der Waals surface area contributed by atoms with Gasteiger partial charge in [0, 0.05) is 5.56 Å². The Morgan fingerprint density at radius 2 is 2.00 bits per heavy atom. The summed E-state index contributed by atoms with van der Waals surface area (Å²) >= 11 is 0. The number of rotatable bonds is 1. The molecule has 0 amide bonds. The van der Waals surface area contributed by atoms with Crippen molar-refractivity contribution in [1.29, 1.82) is 0 Å². The van der Waals surface area contributed by atoms with Gasteiger partial charge in [-0.1, -0.05) is 18.2 Å². The molecular weight excluding hydrogens is 156 g/mol. The van der Waals surface area contributed by atoms with E-state index in [2.05, 4.69) is 10.9 Å². The summed E-state index contributed by atoms with van der Waals surface area (Å²) in [5.41, 5.74) is 7.41. The molecule has 4 heteroatoms. The molecule has 0 bridgehead atoms. The maximum atomic E-state index is 8.95. The van der Waals surface area contributed by atoms with Crippen LogP contribution in [-0.4, -0.2) is 16.5 Å². The van der Waals surface area contributed by atoms with Crippen LogP contribution in [0.4, 0.5) is 5.69 Å². The highest BCUT2D eigenvalue weighted by Gasteiger charge is 2.26. The summed E-state index contributed by atoms with van der Waals surface area (Å²) in [6.45, 7) is 0. The number of fused-ring (bicyclic) bond motifs is 1. The van der Waals surface area contributed by atoms with E-state index in [0.717, 1.165) is 11.3 Å². The Morgan fingerprint density at radius 3 is 2.75 bits per heavy atom. The maximum absolute atomic E-state index is 8.95. The smallest absolute Gasteiger partial charge is 0.173 e. The zero-order valence-electron chi connectivity index (χ0n) is 6.36. The lowest BCUT2D eigenvalue weighted by Crippen LogP contribution is -2.29. The first-order valence-electron chi connectivity index (χ1n) is 3.75. The van der Waals surface area contributed by atoms with Gasteiger partial charge in [-0.05, 0) is 6.07 Å². The van der Waals surface area contributed by atoms with Gasteiger partial charge < -0.3 is 15.6 Å². The molecule has 0 radical (unpaired) electrons. The van der Waals surface area contributed by atoms with E-state index in [0.29, 0.717) is 0 Å². The van der Waals surface area contributed by atoms with Gasteiger partial charge in [0.2, 0.25) is 0 Å². The van der Waals surface area contributed by atoms with Gasteiger partial charge >= 0.3 is 0 Å². The zero-order chi connectivity index (χ0) is 8.55. The molecule has 0 aromatic heterocycles. The average Bonchev–Trinajstić information content (AvgIpc) is 2.47. The van der Waals surface area contributed by atoms with Crippen molar-refractivity contribution in [3.05, 3.63) is 29.8 Å². The number of aliphatic hydroxyl groups is 2. The molecule has 1 unspecified atom stereocenters. The fraction of sp³-hybridized carbons (Fsp3) is 0.250. The van der Waals surface area contributed by atoms with E-state index in [1.807, 2.05) is 24.3 Å². The maximum Gasteiger partial charge on any atom is 0.173 e. The Kier molecular flexibility index (Phi) is 1.73. The first-order valence-corrected chi connectivity index (χ1v) is 3.75. The summed E-state index contributed by atoms with van der Waals surface area (Å²) in [6.07, 6.45) is -1.37. The van der Waals surface area contributed by atoms with Crippen LogP contribution in [-0.2, 0) is 0 Å². The van der Waals surface area contributed by atoms with E-state index in [1.54, 1.807) is 0 Å². The normalized spacial score (nSPS) is 20.8. The summed E-state index contributed by atoms with van der Waals surface area (Å²) in [5.74, 6) is 0. The van der Waals surface area contributed by atoms with Crippen molar-refractivity contribution >= 4 is 5.69 Å². The van der Waals surface area contributed by atoms with Gasteiger partial charge in [0.05, 0.1) is 5.69 Å². The highest BCUT2D eigenvalue weighted by Crippen LogP contribution is 2.28. The first-order chi connectivity index (χ1) is 5.79. The molecule has 1 aliphatic rings. The van der Waals surface area contributed by atoms with E-state index in [4.69, 9.17) is 10.2 Å². The molecule has 4 N–H and O–H groups in total. The van der Waals surface area contributed by atoms with Crippen molar-refractivity contribution in [2.45, 2.75) is 12.3 Å². The van der Waals surface area contributed by atoms with E-state index in [-0.39, 0.29) is 0 Å². The molecule has 0 aliphatic carbocycles. The van der Waals surface area contributed by atoms with Crippen LogP contribution in [0, 0.1) is 0 Å². The average molecular weight is 166 g/mol. The third-order valence-electron chi connectivity index (χ3n) is 1.96. The molecule has 0 saturated heterocycles. The van der Waals surface area contributed by atoms with Crippen LogP contribution in [0.2, 0.25) is 0 Å². The minimum Gasteiger partial charge on any atom is -0.366 e. The van der Waals surface area contributed by atoms with Crippen molar-refractivity contribution in [3.63, 3.8) is 0 Å². The van der Waals surface area contributed by atoms with Crippen molar-refractivity contribution in [2.24, 2.45) is 0 Å². The van der Waals surface area contributed by atoms with Gasteiger partial charge in [0.15, 0.2) is 6.29 Å². The fourth-order valence-electron chi connectivity index (χ4n) is 1.35. The monoisotopic (exact) mass is 166 g/mol. The van der Waals surface area contributed by atoms with Crippen molar-refractivity contribution in [1.82, 2.24) is 5.43 Å². The molecule has 4 nitrogen and oxygen atoms in total. The molecule has 1 aromatic carbocycles. The molecule has 1 aromatic rings. The van der Waals surface area contributed by atoms with Crippen LogP contribution in [0.3, 0.4) is 0 Å². The molecule has 64 valence electrons. The topological polar surface area (TPSA) is 64.5 Å². The summed E-state index contributed by atoms with van der Waals surface area (Å²) < 4.78 is 0. The van der Waals surface area contributed by atoms with E-state index in [9.17, 15) is 0 Å². The van der Waals surface area contributed by atoms with Gasteiger partial charge in [-0.3, -0.25) is 0 Å². The minimum absolute atomic E-state index is 0.429. The number of anilines is 1. The fourth-order valence-corrected chi connectivity index (χ4v) is 1.35. The first kappa shape index (κ1) is 7.54. The van der Waals surface area contributed by atoms with Gasteiger partial charge in [0.25, 0.3) is 0 Å². The summed E-state index contributed by atoms with van der Waals surface area (Å²) in [4.78, 5) is 0. The van der Waals surface area contributed by atoms with Crippen LogP contribution < -0.4 is 10.9 Å². The Balaban J connectivity index is 2.36. The molecule has 0 saturated carbocycles. The van der Waals surface area contributed by atoms with Gasteiger partial charge in [-0.15, -0.1) is 0 Å². The lowest BCUT2D eigenvalue weighted by Gasteiger charge is -2.11. The largest absolute Gasteiger partial charge is 0.366 e. The number of aliphatic hydroxyl groups excluding tert-OH is 1. The molecule has 1 atom stereocenters. The Hall–Kier alpha value is -1.10. The second-order valence-electron chi connectivity index (χ2n) is 2.75. The second kappa shape index (κ2) is 2.75. The summed E-state index contributed by atoms with van der Waals surface area (Å²) in [7, 11) is 0. The summed E-state index contributed by atoms with van der Waals surface area (Å²) in [5, 5.41) is 17.9. The van der Waals surface area contributed by atoms with Gasteiger partial charge in [0.1, 0.15) is 6.04 Å². The number of hydrazine groups is 1. The van der Waals surface area contributed by atoms with Crippen molar-refractivity contribution < 1.29 is 10.2 Å². The molecule has 1 heterocycles. The summed E-state index contributed by atoms with van der Waals surface area (Å²) in [6, 6.07) is 7.06. The van der Waals surface area contributed by atoms with E-state index >= 15 is 0 Å². The SMILES string of the molecule is OC(O)C1NNc2ccccc21. The second-order valence-corrected chi connectivity index (χ2v) is 2.75. The van der Waals surface area contributed by atoms with E-state index < -0.39 is 12.3 Å². The number of benzene rings is 1. The lowest BCUT2D eigenvalue weighted by molar-refractivity contribution is -0.0644. The Morgan fingerprint density at radius 1 is 1.25 bits per heavy atom. The Bertz CT molecular complexity index is 288. The molecule has 1 aliphatic heterocycles. The number of hydrogen-bond donors (Lipinski definition) is 4. The van der Waals surface area contributed by atoms with Gasteiger partial charge in [-0.2, -0.15) is 0 Å². The molecule has 2 rings (SSSR count). The van der Waals surface area contributed by atoms with E-state index in [1.165, 1.54) is 0 Å². The quantitative estimate of drug-likeness (QED) is 0.442. The third kappa shape index (κ3) is 1.06. The molecular formula is C8H10N2O2. The highest BCUT2D eigenvalue weighted by molar-refractivity contribution is 5.55. The predicted octanol–water partition coefficient (Wildman–Crippen LogP) is -0.0315. The van der Waals surface area contributed by atoms with Crippen LogP contribution in [0.5, 0.6) is 0 Å². The predicted molar refractivity (Wildman–Crippen MR) is 44.2 cm³/mol. The van der Waals surface area contributed by atoms with Crippen LogP contribution in [0.15, 0.2) is 24.3 Å². The van der Waals surface area contributed by atoms with Crippen molar-refractivity contribution in [2.75, 3.05) is 5.43 Å². The number of para-hydroxylation sites is 1. The molecule has 0 spiro atoms. The Labute approximate surface area is 69.8 Å². The standard InChI is InChI=1S/C8H10N2O2/c11-8(12)7-5-3-1-2-4-6(5)9-10-7/h1-4,7-12H. The highest BCUT2D eigenvalue weighted by atomic mass is 16.5. The van der Waals surface area contributed by atoms with Crippen LogP contribution in [0.1, 0.15) is 11.6 Å². The molecule has 0 fully saturated rings.